The summed E-state index contributed by atoms with van der Waals surface area (Å²) < 4.78 is 39.3. The van der Waals surface area contributed by atoms with Gasteiger partial charge in [-0.15, -0.1) is 4.33 Å². The van der Waals surface area contributed by atoms with Crippen LogP contribution in [0.5, 0.6) is 0 Å². The lowest BCUT2D eigenvalue weighted by atomic mass is 9.78. The molecule has 0 radical (unpaired) electrons. The number of rotatable bonds is 15. The molecule has 0 unspecified atom stereocenters. The van der Waals surface area contributed by atoms with Crippen LogP contribution in [0.2, 0.25) is 0 Å². The van der Waals surface area contributed by atoms with Gasteiger partial charge in [0.25, 0.3) is 10.1 Å². The average Bonchev–Trinajstić information content (AvgIpc) is 3.54. The number of unbranched alkanes of at least 4 members (excludes halogenated alkanes) is 2. The lowest BCUT2D eigenvalue weighted by molar-refractivity contribution is -0.438. The first-order chi connectivity index (χ1) is 27.3. The van der Waals surface area contributed by atoms with Crippen LogP contribution in [0.25, 0.3) is 21.5 Å². The van der Waals surface area contributed by atoms with Crippen LogP contribution in [-0.2, 0) is 30.3 Å². The smallest absolute Gasteiger partial charge is 0.264 e. The minimum Gasteiger partial charge on any atom is -0.344 e. The van der Waals surface area contributed by atoms with E-state index in [-0.39, 0.29) is 16.6 Å². The number of hydrogen-bond donors (Lipinski definition) is 2. The van der Waals surface area contributed by atoms with Crippen molar-refractivity contribution in [3.63, 3.8) is 0 Å². The van der Waals surface area contributed by atoms with Crippen LogP contribution in [0.4, 0.5) is 11.4 Å². The van der Waals surface area contributed by atoms with E-state index in [9.17, 15) is 13.0 Å². The Morgan fingerprint density at radius 1 is 0.842 bits per heavy atom. The normalized spacial score (nSPS) is 19.2. The van der Waals surface area contributed by atoms with Crippen molar-refractivity contribution in [1.29, 1.82) is 0 Å². The molecule has 7 rings (SSSR count). The second-order valence-corrected chi connectivity index (χ2v) is 19.0. The molecule has 8 nitrogen and oxygen atoms in total. The van der Waals surface area contributed by atoms with Crippen molar-refractivity contribution in [3.8, 4) is 0 Å². The molecule has 4 aromatic rings. The minimum absolute atomic E-state index is 0.249. The van der Waals surface area contributed by atoms with E-state index in [1.54, 1.807) is 0 Å². The van der Waals surface area contributed by atoms with Crippen LogP contribution in [0, 0.1) is 0 Å². The van der Waals surface area contributed by atoms with Gasteiger partial charge in [0.1, 0.15) is 6.54 Å². The number of anilines is 1. The zero-order valence-corrected chi connectivity index (χ0v) is 35.5. The number of halogens is 1. The molecule has 0 spiro atoms. The fourth-order valence-electron chi connectivity index (χ4n) is 9.16. The maximum Gasteiger partial charge on any atom is 0.264 e. The highest BCUT2D eigenvalue weighted by atomic mass is 35.5. The summed E-state index contributed by atoms with van der Waals surface area (Å²) in [5, 5.41) is 18.0. The largest absolute Gasteiger partial charge is 0.344 e. The minimum atomic E-state index is -4.02. The Bertz CT molecular complexity index is 2450. The molecule has 2 aliphatic heterocycles. The molecule has 0 aromatic heterocycles. The van der Waals surface area contributed by atoms with Gasteiger partial charge >= 0.3 is 0 Å². The third kappa shape index (κ3) is 8.55. The Hall–Kier alpha value is -3.74. The summed E-state index contributed by atoms with van der Waals surface area (Å²) in [4.78, 5) is 2.46. The van der Waals surface area contributed by atoms with Gasteiger partial charge in [-0.05, 0) is 109 Å². The van der Waals surface area contributed by atoms with Crippen molar-refractivity contribution in [2.24, 2.45) is 0 Å². The van der Waals surface area contributed by atoms with E-state index in [0.717, 1.165) is 78.3 Å². The molecule has 0 saturated heterocycles. The molecule has 3 aliphatic rings. The van der Waals surface area contributed by atoms with Gasteiger partial charge in [0.05, 0.1) is 11.2 Å². The third-order valence-electron chi connectivity index (χ3n) is 11.8. The molecule has 4 aromatic carbocycles. The van der Waals surface area contributed by atoms with Gasteiger partial charge in [-0.3, -0.25) is 4.55 Å². The summed E-state index contributed by atoms with van der Waals surface area (Å²) in [6.45, 7) is 10.6. The molecule has 0 amide bonds. The first-order valence-corrected chi connectivity index (χ1v) is 22.7. The monoisotopic (exact) mass is 827 g/mol. The van der Waals surface area contributed by atoms with Gasteiger partial charge in [-0.25, -0.2) is 5.26 Å². The van der Waals surface area contributed by atoms with Crippen molar-refractivity contribution in [1.82, 2.24) is 0 Å². The van der Waals surface area contributed by atoms with Crippen molar-refractivity contribution in [2.75, 3.05) is 29.5 Å². The molecular formula is C46H52ClN2O6S2+. The van der Waals surface area contributed by atoms with Gasteiger partial charge < -0.3 is 4.90 Å². The lowest BCUT2D eigenvalue weighted by Crippen LogP contribution is -2.28. The van der Waals surface area contributed by atoms with Gasteiger partial charge in [0, 0.05) is 70.3 Å². The van der Waals surface area contributed by atoms with E-state index in [2.05, 4.69) is 144 Å². The number of allylic oxidation sites excluding steroid dienone is 8. The number of fused-ring (bicyclic) bond motifs is 6. The zero-order valence-electron chi connectivity index (χ0n) is 33.1. The predicted molar refractivity (Wildman–Crippen MR) is 235 cm³/mol. The van der Waals surface area contributed by atoms with Gasteiger partial charge in [0.15, 0.2) is 5.71 Å². The Kier molecular flexibility index (Phi) is 12.5. The fraction of sp³-hybridized carbons (Fsp3) is 0.370. The molecule has 0 bridgehead atoms. The van der Waals surface area contributed by atoms with E-state index in [0.29, 0.717) is 25.1 Å². The van der Waals surface area contributed by atoms with Gasteiger partial charge in [-0.2, -0.15) is 13.0 Å². The Balaban J connectivity index is 1.22. The maximum atomic E-state index is 11.5. The average molecular weight is 829 g/mol. The van der Waals surface area contributed by atoms with Gasteiger partial charge in [-0.1, -0.05) is 97.2 Å². The zero-order chi connectivity index (χ0) is 40.4. The highest BCUT2D eigenvalue weighted by Crippen LogP contribution is 2.51. The first kappa shape index (κ1) is 41.4. The highest BCUT2D eigenvalue weighted by Gasteiger charge is 2.45. The molecule has 2 heterocycles. The summed E-state index contributed by atoms with van der Waals surface area (Å²) in [5.41, 5.74) is 8.97. The van der Waals surface area contributed by atoms with E-state index in [1.165, 1.54) is 44.1 Å². The number of benzene rings is 4. The van der Waals surface area contributed by atoms with Crippen LogP contribution in [0.15, 0.2) is 119 Å². The molecule has 300 valence electrons. The molecule has 2 N–H and O–H groups in total. The maximum absolute atomic E-state index is 11.5. The summed E-state index contributed by atoms with van der Waals surface area (Å²) in [7, 11) is -4.02. The molecule has 0 saturated carbocycles. The van der Waals surface area contributed by atoms with E-state index < -0.39 is 10.1 Å². The summed E-state index contributed by atoms with van der Waals surface area (Å²) >= 11 is 8.42. The molecule has 1 aliphatic carbocycles. The third-order valence-corrected chi connectivity index (χ3v) is 13.7. The molecule has 57 heavy (non-hydrogen) atoms. The topological polar surface area (TPSA) is 99.3 Å². The van der Waals surface area contributed by atoms with Crippen LogP contribution in [0.1, 0.15) is 83.8 Å². The van der Waals surface area contributed by atoms with E-state index >= 15 is 0 Å². The van der Waals surface area contributed by atoms with Gasteiger partial charge in [0.2, 0.25) is 5.69 Å². The Labute approximate surface area is 346 Å². The second-order valence-electron chi connectivity index (χ2n) is 16.2. The fourth-order valence-corrected chi connectivity index (χ4v) is 10.5. The van der Waals surface area contributed by atoms with E-state index in [1.807, 2.05) is 0 Å². The lowest BCUT2D eigenvalue weighted by Gasteiger charge is -2.27. The number of hydrogen-bond acceptors (Lipinski definition) is 7. The van der Waals surface area contributed by atoms with Crippen molar-refractivity contribution in [2.45, 2.75) is 83.5 Å². The van der Waals surface area contributed by atoms with E-state index in [4.69, 9.17) is 16.9 Å². The summed E-state index contributed by atoms with van der Waals surface area (Å²) in [6, 6.07) is 25.9. The SMILES string of the molecule is CC1(C)C(=C/C=C2\CCCC(C=CC3=[N+](CCCCS(=O)(=O)O)c4ccc5ccccc5c4C3(C)C)=C2Cl)N(CCCCSOOO)c2ccc3ccccc3c21. The molecular weight excluding hydrogens is 776 g/mol. The molecule has 0 fully saturated rings. The quantitative estimate of drug-likeness (QED) is 0.0305. The molecule has 0 atom stereocenters. The Morgan fingerprint density at radius 2 is 1.54 bits per heavy atom. The highest BCUT2D eigenvalue weighted by molar-refractivity contribution is 7.94. The van der Waals surface area contributed by atoms with Crippen molar-refractivity contribution < 1.29 is 32.2 Å². The second kappa shape index (κ2) is 17.2. The van der Waals surface area contributed by atoms with Crippen molar-refractivity contribution in [3.05, 3.63) is 130 Å². The summed E-state index contributed by atoms with van der Waals surface area (Å²) in [6.07, 6.45) is 14.5. The molecule has 11 heteroatoms. The van der Waals surface area contributed by atoms with Crippen LogP contribution in [-0.4, -0.2) is 53.1 Å². The predicted octanol–water partition coefficient (Wildman–Crippen LogP) is 11.7. The van der Waals surface area contributed by atoms with Crippen LogP contribution < -0.4 is 4.90 Å². The Morgan fingerprint density at radius 3 is 2.26 bits per heavy atom. The summed E-state index contributed by atoms with van der Waals surface area (Å²) in [5.74, 6) is 0.453. The first-order valence-electron chi connectivity index (χ1n) is 19.8. The van der Waals surface area contributed by atoms with Crippen molar-refractivity contribution >= 4 is 72.4 Å². The van der Waals surface area contributed by atoms with Crippen LogP contribution >= 0.6 is 23.6 Å². The standard InChI is InChI=1S/C46H51ClN2O6S2/c1-45(2)40(48(28-9-11-30-56-55-54-50)38-24-20-32-14-5-7-18-36(32)42(38)45)26-22-34-16-13-17-35(44(34)47)23-27-41-46(3,4)43-37-19-8-6-15-33(37)21-25-39(43)49(41)29-10-12-31-57(51,52)53/h5-8,14-15,18-27H,9-13,16-17,28-31H2,1-4H3,(H-,50,51,52,53)/p+1. The number of nitrogens with zero attached hydrogens (tertiary/aromatic N) is 2. The van der Waals surface area contributed by atoms with Crippen LogP contribution in [0.3, 0.4) is 0 Å².